The normalized spacial score (nSPS) is 13.7. The summed E-state index contributed by atoms with van der Waals surface area (Å²) in [6.07, 6.45) is 0. The molecule has 1 aromatic rings. The van der Waals surface area contributed by atoms with E-state index in [9.17, 15) is 0 Å². The predicted molar refractivity (Wildman–Crippen MR) is 90.7 cm³/mol. The van der Waals surface area contributed by atoms with Crippen molar-refractivity contribution in [3.8, 4) is 0 Å². The zero-order valence-corrected chi connectivity index (χ0v) is 14.7. The highest BCUT2D eigenvalue weighted by Gasteiger charge is 2.16. The molecule has 2 nitrogen and oxygen atoms in total. The van der Waals surface area contributed by atoms with E-state index in [1.165, 1.54) is 5.56 Å². The topological polar surface area (TPSA) is 15.3 Å². The molecule has 3 heteroatoms. The van der Waals surface area contributed by atoms with Gasteiger partial charge in [0.05, 0.1) is 10.7 Å². The maximum Gasteiger partial charge on any atom is 0.0642 e. The van der Waals surface area contributed by atoms with Gasteiger partial charge in [0.15, 0.2) is 0 Å². The molecule has 0 heterocycles. The number of hydrogen-bond acceptors (Lipinski definition) is 2. The van der Waals surface area contributed by atoms with E-state index in [0.29, 0.717) is 12.0 Å². The monoisotopic (exact) mass is 296 g/mol. The van der Waals surface area contributed by atoms with Gasteiger partial charge in [-0.15, -0.1) is 0 Å². The molecule has 0 saturated heterocycles. The molecule has 20 heavy (non-hydrogen) atoms. The summed E-state index contributed by atoms with van der Waals surface area (Å²) in [6, 6.07) is 6.81. The minimum Gasteiger partial charge on any atom is -0.370 e. The third-order valence-electron chi connectivity index (χ3n) is 3.79. The Labute approximate surface area is 129 Å². The maximum atomic E-state index is 6.45. The quantitative estimate of drug-likeness (QED) is 0.846. The van der Waals surface area contributed by atoms with Gasteiger partial charge < -0.3 is 10.2 Å². The fraction of sp³-hybridized carbons (Fsp3) is 0.647. The number of anilines is 1. The summed E-state index contributed by atoms with van der Waals surface area (Å²) in [4.78, 5) is 2.26. The smallest absolute Gasteiger partial charge is 0.0642 e. The largest absolute Gasteiger partial charge is 0.370 e. The van der Waals surface area contributed by atoms with Crippen LogP contribution in [0.4, 0.5) is 5.69 Å². The number of nitrogens with zero attached hydrogens (tertiary/aromatic N) is 1. The SMILES string of the molecule is CC(C)C(C)N(C)c1ccc(CNC(C)(C)C)cc1Cl. The highest BCUT2D eigenvalue weighted by atomic mass is 35.5. The number of benzene rings is 1. The van der Waals surface area contributed by atoms with Gasteiger partial charge >= 0.3 is 0 Å². The fourth-order valence-corrected chi connectivity index (χ4v) is 2.32. The van der Waals surface area contributed by atoms with Gasteiger partial charge in [-0.25, -0.2) is 0 Å². The van der Waals surface area contributed by atoms with Crippen LogP contribution in [0, 0.1) is 5.92 Å². The Bertz CT molecular complexity index is 435. The van der Waals surface area contributed by atoms with E-state index in [1.54, 1.807) is 0 Å². The lowest BCUT2D eigenvalue weighted by molar-refractivity contribution is 0.424. The van der Waals surface area contributed by atoms with Crippen LogP contribution in [0.25, 0.3) is 0 Å². The molecule has 1 atom stereocenters. The van der Waals surface area contributed by atoms with Crippen LogP contribution in [-0.4, -0.2) is 18.6 Å². The molecule has 0 aromatic heterocycles. The lowest BCUT2D eigenvalue weighted by Gasteiger charge is -2.31. The van der Waals surface area contributed by atoms with Crippen LogP contribution in [0.2, 0.25) is 5.02 Å². The van der Waals surface area contributed by atoms with Crippen molar-refractivity contribution < 1.29 is 0 Å². The fourth-order valence-electron chi connectivity index (χ4n) is 1.98. The average Bonchev–Trinajstić information content (AvgIpc) is 2.33. The van der Waals surface area contributed by atoms with Crippen molar-refractivity contribution in [2.24, 2.45) is 5.92 Å². The van der Waals surface area contributed by atoms with E-state index in [1.807, 2.05) is 0 Å². The minimum absolute atomic E-state index is 0.119. The molecule has 0 bridgehead atoms. The lowest BCUT2D eigenvalue weighted by atomic mass is 10.0. The molecule has 0 aliphatic rings. The van der Waals surface area contributed by atoms with Crippen LogP contribution in [0.1, 0.15) is 47.1 Å². The molecule has 114 valence electrons. The summed E-state index contributed by atoms with van der Waals surface area (Å²) in [6.45, 7) is 14.0. The van der Waals surface area contributed by atoms with E-state index in [4.69, 9.17) is 11.6 Å². The molecular weight excluding hydrogens is 268 g/mol. The molecule has 1 aromatic carbocycles. The van der Waals surface area contributed by atoms with E-state index in [0.717, 1.165) is 17.3 Å². The van der Waals surface area contributed by atoms with Gasteiger partial charge in [0, 0.05) is 25.2 Å². The number of rotatable bonds is 5. The second-order valence-corrected chi connectivity index (χ2v) is 7.39. The Hall–Kier alpha value is -0.730. The first-order chi connectivity index (χ1) is 9.11. The average molecular weight is 297 g/mol. The Balaban J connectivity index is 2.83. The summed E-state index contributed by atoms with van der Waals surface area (Å²) in [5.74, 6) is 0.596. The molecule has 0 aliphatic heterocycles. The standard InChI is InChI=1S/C17H29ClN2/c1-12(2)13(3)20(7)16-9-8-14(10-15(16)18)11-19-17(4,5)6/h8-10,12-13,19H,11H2,1-7H3. The van der Waals surface area contributed by atoms with Crippen LogP contribution in [0.5, 0.6) is 0 Å². The molecule has 1 rings (SSSR count). The van der Waals surface area contributed by atoms with Gasteiger partial charge in [-0.2, -0.15) is 0 Å². The van der Waals surface area contributed by atoms with Crippen LogP contribution in [0.3, 0.4) is 0 Å². The van der Waals surface area contributed by atoms with Crippen molar-refractivity contribution in [3.63, 3.8) is 0 Å². The van der Waals surface area contributed by atoms with E-state index in [-0.39, 0.29) is 5.54 Å². The number of nitrogens with one attached hydrogen (secondary N) is 1. The van der Waals surface area contributed by atoms with Gasteiger partial charge in [-0.1, -0.05) is 31.5 Å². The van der Waals surface area contributed by atoms with Crippen molar-refractivity contribution in [1.82, 2.24) is 5.32 Å². The van der Waals surface area contributed by atoms with Crippen LogP contribution in [0.15, 0.2) is 18.2 Å². The van der Waals surface area contributed by atoms with Crippen LogP contribution < -0.4 is 10.2 Å². The molecule has 0 radical (unpaired) electrons. The molecule has 1 N–H and O–H groups in total. The Morgan fingerprint density at radius 2 is 1.80 bits per heavy atom. The summed E-state index contributed by atoms with van der Waals surface area (Å²) in [5.41, 5.74) is 2.44. The molecular formula is C17H29ClN2. The van der Waals surface area contributed by atoms with Gasteiger partial charge in [0.25, 0.3) is 0 Å². The molecule has 1 unspecified atom stereocenters. The molecule has 0 spiro atoms. The van der Waals surface area contributed by atoms with E-state index < -0.39 is 0 Å². The van der Waals surface area contributed by atoms with Crippen LogP contribution >= 0.6 is 11.6 Å². The highest BCUT2D eigenvalue weighted by Crippen LogP contribution is 2.29. The third-order valence-corrected chi connectivity index (χ3v) is 4.09. The van der Waals surface area contributed by atoms with Crippen molar-refractivity contribution >= 4 is 17.3 Å². The van der Waals surface area contributed by atoms with Crippen molar-refractivity contribution in [2.45, 2.75) is 59.7 Å². The first-order valence-corrected chi connectivity index (χ1v) is 7.76. The van der Waals surface area contributed by atoms with Gasteiger partial charge in [-0.3, -0.25) is 0 Å². The zero-order valence-electron chi connectivity index (χ0n) is 13.9. The number of hydrogen-bond donors (Lipinski definition) is 1. The molecule has 0 aliphatic carbocycles. The molecule has 0 fully saturated rings. The zero-order chi connectivity index (χ0) is 15.5. The van der Waals surface area contributed by atoms with Crippen molar-refractivity contribution in [3.05, 3.63) is 28.8 Å². The van der Waals surface area contributed by atoms with Crippen molar-refractivity contribution in [2.75, 3.05) is 11.9 Å². The third kappa shape index (κ3) is 4.99. The summed E-state index contributed by atoms with van der Waals surface area (Å²) < 4.78 is 0. The van der Waals surface area contributed by atoms with E-state index >= 15 is 0 Å². The summed E-state index contributed by atoms with van der Waals surface area (Å²) >= 11 is 6.45. The molecule has 0 saturated carbocycles. The second kappa shape index (κ2) is 6.82. The van der Waals surface area contributed by atoms with Gasteiger partial charge in [0.2, 0.25) is 0 Å². The van der Waals surface area contributed by atoms with Crippen molar-refractivity contribution in [1.29, 1.82) is 0 Å². The van der Waals surface area contributed by atoms with Gasteiger partial charge in [0.1, 0.15) is 0 Å². The van der Waals surface area contributed by atoms with Gasteiger partial charge in [-0.05, 0) is 51.3 Å². The first kappa shape index (κ1) is 17.3. The number of halogens is 1. The second-order valence-electron chi connectivity index (χ2n) is 6.98. The summed E-state index contributed by atoms with van der Waals surface area (Å²) in [5, 5.41) is 4.31. The Morgan fingerprint density at radius 3 is 2.25 bits per heavy atom. The minimum atomic E-state index is 0.119. The predicted octanol–water partition coefficient (Wildman–Crippen LogP) is 4.71. The van der Waals surface area contributed by atoms with E-state index in [2.05, 4.69) is 77.0 Å². The lowest BCUT2D eigenvalue weighted by Crippen LogP contribution is -2.35. The maximum absolute atomic E-state index is 6.45. The Morgan fingerprint density at radius 1 is 1.20 bits per heavy atom. The summed E-state index contributed by atoms with van der Waals surface area (Å²) in [7, 11) is 2.11. The highest BCUT2D eigenvalue weighted by molar-refractivity contribution is 6.33. The van der Waals surface area contributed by atoms with Crippen LogP contribution in [-0.2, 0) is 6.54 Å². The first-order valence-electron chi connectivity index (χ1n) is 7.38. The Kier molecular flexibility index (Phi) is 5.91. The molecule has 0 amide bonds.